The summed E-state index contributed by atoms with van der Waals surface area (Å²) >= 11 is 19.3. The van der Waals surface area contributed by atoms with Crippen LogP contribution < -0.4 is 5.32 Å². The van der Waals surface area contributed by atoms with Gasteiger partial charge in [-0.05, 0) is 54.6 Å². The lowest BCUT2D eigenvalue weighted by atomic mass is 10.2. The van der Waals surface area contributed by atoms with Crippen molar-refractivity contribution in [2.75, 3.05) is 11.1 Å². The number of thioether (sulfide) groups is 1. The highest BCUT2D eigenvalue weighted by molar-refractivity contribution is 7.99. The van der Waals surface area contributed by atoms with Crippen molar-refractivity contribution in [3.63, 3.8) is 0 Å². The van der Waals surface area contributed by atoms with Crippen LogP contribution in [0.1, 0.15) is 0 Å². The van der Waals surface area contributed by atoms with Crippen molar-refractivity contribution in [1.82, 2.24) is 14.8 Å². The molecule has 5 nitrogen and oxygen atoms in total. The van der Waals surface area contributed by atoms with Crippen LogP contribution >= 0.6 is 46.6 Å². The molecule has 0 aliphatic rings. The van der Waals surface area contributed by atoms with Crippen molar-refractivity contribution < 1.29 is 4.79 Å². The summed E-state index contributed by atoms with van der Waals surface area (Å²) in [7, 11) is 0. The molecule has 0 aliphatic heterocycles. The molecule has 1 heterocycles. The number of carbonyl (C=O) groups is 1. The lowest BCUT2D eigenvalue weighted by Gasteiger charge is -2.11. The zero-order chi connectivity index (χ0) is 21.8. The third kappa shape index (κ3) is 5.22. The summed E-state index contributed by atoms with van der Waals surface area (Å²) in [5.41, 5.74) is 2.26. The smallest absolute Gasteiger partial charge is 0.234 e. The molecule has 0 fully saturated rings. The summed E-state index contributed by atoms with van der Waals surface area (Å²) in [4.78, 5) is 12.5. The summed E-state index contributed by atoms with van der Waals surface area (Å²) < 4.78 is 1.91. The summed E-state index contributed by atoms with van der Waals surface area (Å²) in [6.45, 7) is 0. The molecule has 0 saturated carbocycles. The maximum absolute atomic E-state index is 12.5. The standard InChI is InChI=1S/C22H15Cl3N4OS/c23-15-8-6-14(7-9-15)21-27-28-22(29(21)17-4-2-1-3-5-17)31-13-20(30)26-19-11-10-16(24)12-18(19)25/h1-12H,13H2,(H,26,30). The highest BCUT2D eigenvalue weighted by Crippen LogP contribution is 2.29. The molecule has 31 heavy (non-hydrogen) atoms. The van der Waals surface area contributed by atoms with E-state index in [9.17, 15) is 4.79 Å². The van der Waals surface area contributed by atoms with Gasteiger partial charge < -0.3 is 5.32 Å². The van der Waals surface area contributed by atoms with Crippen LogP contribution in [0.5, 0.6) is 0 Å². The molecule has 4 aromatic rings. The van der Waals surface area contributed by atoms with Gasteiger partial charge in [-0.1, -0.05) is 64.8 Å². The largest absolute Gasteiger partial charge is 0.324 e. The Labute approximate surface area is 198 Å². The van der Waals surface area contributed by atoms with Gasteiger partial charge in [0.15, 0.2) is 11.0 Å². The Balaban J connectivity index is 1.58. The van der Waals surface area contributed by atoms with Crippen molar-refractivity contribution in [2.45, 2.75) is 5.16 Å². The second-order valence-corrected chi connectivity index (χ2v) is 8.67. The molecular weight excluding hydrogens is 475 g/mol. The molecule has 156 valence electrons. The quantitative estimate of drug-likeness (QED) is 0.309. The zero-order valence-electron chi connectivity index (χ0n) is 15.9. The van der Waals surface area contributed by atoms with E-state index < -0.39 is 0 Å². The van der Waals surface area contributed by atoms with Crippen molar-refractivity contribution in [2.24, 2.45) is 0 Å². The van der Waals surface area contributed by atoms with Gasteiger partial charge in [0.2, 0.25) is 5.91 Å². The maximum Gasteiger partial charge on any atom is 0.234 e. The third-order valence-electron chi connectivity index (χ3n) is 4.29. The predicted octanol–water partition coefficient (Wildman–Crippen LogP) is 6.63. The molecule has 1 N–H and O–H groups in total. The number of benzene rings is 3. The molecule has 0 bridgehead atoms. The van der Waals surface area contributed by atoms with Crippen LogP contribution in [0.3, 0.4) is 0 Å². The fourth-order valence-electron chi connectivity index (χ4n) is 2.87. The minimum atomic E-state index is -0.218. The first-order chi connectivity index (χ1) is 15.0. The van der Waals surface area contributed by atoms with E-state index in [0.717, 1.165) is 11.3 Å². The van der Waals surface area contributed by atoms with Crippen LogP contribution in [-0.4, -0.2) is 26.4 Å². The van der Waals surface area contributed by atoms with Crippen LogP contribution in [0, 0.1) is 0 Å². The predicted molar refractivity (Wildman–Crippen MR) is 128 cm³/mol. The number of anilines is 1. The van der Waals surface area contributed by atoms with Gasteiger partial charge >= 0.3 is 0 Å². The summed E-state index contributed by atoms with van der Waals surface area (Å²) in [6, 6.07) is 22.0. The molecule has 1 aromatic heterocycles. The van der Waals surface area contributed by atoms with E-state index in [1.807, 2.05) is 47.0 Å². The van der Waals surface area contributed by atoms with Gasteiger partial charge in [-0.3, -0.25) is 9.36 Å². The lowest BCUT2D eigenvalue weighted by molar-refractivity contribution is -0.113. The number of nitrogens with zero attached hydrogens (tertiary/aromatic N) is 3. The maximum atomic E-state index is 12.5. The second kappa shape index (κ2) is 9.75. The van der Waals surface area contributed by atoms with Crippen LogP contribution in [0.15, 0.2) is 78.0 Å². The molecule has 0 saturated heterocycles. The molecule has 0 spiro atoms. The zero-order valence-corrected chi connectivity index (χ0v) is 19.0. The number of nitrogens with one attached hydrogen (secondary N) is 1. The summed E-state index contributed by atoms with van der Waals surface area (Å²) in [5, 5.41) is 13.6. The Kier molecular flexibility index (Phi) is 6.83. The molecule has 0 aliphatic carbocycles. The molecular formula is C22H15Cl3N4OS. The number of hydrogen-bond acceptors (Lipinski definition) is 4. The van der Waals surface area contributed by atoms with Gasteiger partial charge in [-0.2, -0.15) is 0 Å². The number of para-hydroxylation sites is 1. The van der Waals surface area contributed by atoms with Crippen molar-refractivity contribution in [3.05, 3.63) is 87.9 Å². The third-order valence-corrected chi connectivity index (χ3v) is 6.02. The van der Waals surface area contributed by atoms with Gasteiger partial charge in [0.25, 0.3) is 0 Å². The van der Waals surface area contributed by atoms with E-state index in [-0.39, 0.29) is 11.7 Å². The molecule has 0 unspecified atom stereocenters. The first-order valence-electron chi connectivity index (χ1n) is 9.16. The van der Waals surface area contributed by atoms with E-state index >= 15 is 0 Å². The highest BCUT2D eigenvalue weighted by Gasteiger charge is 2.17. The number of rotatable bonds is 6. The minimum Gasteiger partial charge on any atom is -0.324 e. The topological polar surface area (TPSA) is 59.8 Å². The molecule has 0 radical (unpaired) electrons. The fourth-order valence-corrected chi connectivity index (χ4v) is 4.20. The normalized spacial score (nSPS) is 10.8. The Morgan fingerprint density at radius 1 is 0.903 bits per heavy atom. The average Bonchev–Trinajstić information content (AvgIpc) is 3.19. The summed E-state index contributed by atoms with van der Waals surface area (Å²) in [5.74, 6) is 0.571. The van der Waals surface area contributed by atoms with Crippen LogP contribution in [-0.2, 0) is 4.79 Å². The Morgan fingerprint density at radius 3 is 2.32 bits per heavy atom. The van der Waals surface area contributed by atoms with E-state index in [4.69, 9.17) is 34.8 Å². The molecule has 4 rings (SSSR count). The molecule has 1 amide bonds. The van der Waals surface area contributed by atoms with Crippen molar-refractivity contribution in [1.29, 1.82) is 0 Å². The van der Waals surface area contributed by atoms with Crippen LogP contribution in [0.4, 0.5) is 5.69 Å². The van der Waals surface area contributed by atoms with Gasteiger partial charge in [-0.25, -0.2) is 0 Å². The number of carbonyl (C=O) groups excluding carboxylic acids is 1. The number of amides is 1. The van der Waals surface area contributed by atoms with E-state index in [0.29, 0.717) is 31.7 Å². The monoisotopic (exact) mass is 488 g/mol. The minimum absolute atomic E-state index is 0.130. The summed E-state index contributed by atoms with van der Waals surface area (Å²) in [6.07, 6.45) is 0. The van der Waals surface area contributed by atoms with Gasteiger partial charge in [0.05, 0.1) is 16.5 Å². The molecule has 9 heteroatoms. The van der Waals surface area contributed by atoms with Crippen LogP contribution in [0.2, 0.25) is 15.1 Å². The van der Waals surface area contributed by atoms with E-state index in [1.54, 1.807) is 30.3 Å². The number of halogens is 3. The highest BCUT2D eigenvalue weighted by atomic mass is 35.5. The Morgan fingerprint density at radius 2 is 1.61 bits per heavy atom. The Bertz CT molecular complexity index is 1210. The number of hydrogen-bond donors (Lipinski definition) is 1. The fraction of sp³-hybridized carbons (Fsp3) is 0.0455. The second-order valence-electron chi connectivity index (χ2n) is 6.45. The van der Waals surface area contributed by atoms with E-state index in [1.165, 1.54) is 11.8 Å². The van der Waals surface area contributed by atoms with Gasteiger partial charge in [-0.15, -0.1) is 10.2 Å². The first-order valence-corrected chi connectivity index (χ1v) is 11.3. The van der Waals surface area contributed by atoms with Gasteiger partial charge in [0.1, 0.15) is 0 Å². The number of aromatic nitrogens is 3. The van der Waals surface area contributed by atoms with Gasteiger partial charge in [0, 0.05) is 21.3 Å². The molecule has 0 atom stereocenters. The first kappa shape index (κ1) is 21.7. The lowest BCUT2D eigenvalue weighted by Crippen LogP contribution is -2.15. The van der Waals surface area contributed by atoms with Crippen molar-refractivity contribution >= 4 is 58.2 Å². The molecule has 3 aromatic carbocycles. The van der Waals surface area contributed by atoms with E-state index in [2.05, 4.69) is 15.5 Å². The van der Waals surface area contributed by atoms with Crippen LogP contribution in [0.25, 0.3) is 17.1 Å². The van der Waals surface area contributed by atoms with Crippen molar-refractivity contribution in [3.8, 4) is 17.1 Å². The average molecular weight is 490 g/mol. The Hall–Kier alpha value is -2.51. The SMILES string of the molecule is O=C(CSc1nnc(-c2ccc(Cl)cc2)n1-c1ccccc1)Nc1ccc(Cl)cc1Cl.